The zero-order chi connectivity index (χ0) is 5.15. The van der Waals surface area contributed by atoms with Crippen molar-refractivity contribution < 1.29 is 42.8 Å². The molecule has 0 aromatic carbocycles. The van der Waals surface area contributed by atoms with Crippen LogP contribution in [0.4, 0.5) is 0 Å². The van der Waals surface area contributed by atoms with Gasteiger partial charge >= 0.3 is 37.7 Å². The number of hydrogen-bond acceptors (Lipinski definition) is 1. The van der Waals surface area contributed by atoms with Crippen LogP contribution in [-0.2, 0) is 0 Å². The van der Waals surface area contributed by atoms with Crippen molar-refractivity contribution in [3.8, 4) is 0 Å². The first-order valence-electron chi connectivity index (χ1n) is 2.13. The fourth-order valence-electron chi connectivity index (χ4n) is 0. The van der Waals surface area contributed by atoms with E-state index in [2.05, 4.69) is 6.92 Å². The smallest absolute Gasteiger partial charge is 0.854 e. The molecule has 0 aliphatic carbocycles. The normalized spacial score (nSPS) is 15.0. The van der Waals surface area contributed by atoms with Gasteiger partial charge in [-0.1, -0.05) is 13.8 Å². The Labute approximate surface area is 75.6 Å². The van der Waals surface area contributed by atoms with E-state index in [0.717, 1.165) is 0 Å². The Kier molecular flexibility index (Phi) is 16.4. The van der Waals surface area contributed by atoms with Gasteiger partial charge in [0.25, 0.3) is 0 Å². The molecule has 0 aliphatic rings. The molecule has 0 fully saturated rings. The molecule has 1 nitrogen and oxygen atoms in total. The molecule has 0 aliphatic heterocycles. The van der Waals surface area contributed by atoms with Crippen LogP contribution >= 0.6 is 0 Å². The van der Waals surface area contributed by atoms with Gasteiger partial charge in [0.2, 0.25) is 0 Å². The minimum Gasteiger partial charge on any atom is -0.854 e. The van der Waals surface area contributed by atoms with E-state index in [-0.39, 0.29) is 43.6 Å². The van der Waals surface area contributed by atoms with E-state index in [4.69, 9.17) is 0 Å². The Bertz CT molecular complexity index is 31.4. The van der Waals surface area contributed by atoms with Crippen molar-refractivity contribution in [3.63, 3.8) is 0 Å². The van der Waals surface area contributed by atoms with Gasteiger partial charge in [0, 0.05) is 0 Å². The van der Waals surface area contributed by atoms with Crippen molar-refractivity contribution in [1.82, 2.24) is 0 Å². The zero-order valence-corrected chi connectivity index (χ0v) is 6.27. The fraction of sp³-hybridized carbons (Fsp3) is 0.800. The molecular formula is C5H10Li2O. The average Bonchev–Trinajstić information content (AvgIpc) is 1.36. The third-order valence-electron chi connectivity index (χ3n) is 0.801. The van der Waals surface area contributed by atoms with E-state index in [1.165, 1.54) is 0 Å². The van der Waals surface area contributed by atoms with Crippen molar-refractivity contribution >= 4 is 0 Å². The topological polar surface area (TPSA) is 23.1 Å². The summed E-state index contributed by atoms with van der Waals surface area (Å²) in [5, 5.41) is 10.2. The summed E-state index contributed by atoms with van der Waals surface area (Å²) in [5.41, 5.74) is 0. The van der Waals surface area contributed by atoms with Crippen LogP contribution in [0.25, 0.3) is 0 Å². The zero-order valence-electron chi connectivity index (χ0n) is 6.27. The standard InChI is InChI=1S/C5H10O.2Li/c1-4(2)5(3)6;;/h4-5H,1H2,2-3H3;;/q-2;2*+1/t4-,5-;;/m1../s1. The van der Waals surface area contributed by atoms with E-state index in [0.29, 0.717) is 0 Å². The number of hydrogen-bond donors (Lipinski definition) is 0. The average molecular weight is 100 g/mol. The Balaban J connectivity index is -0.000000125. The van der Waals surface area contributed by atoms with Crippen LogP contribution in [0.15, 0.2) is 0 Å². The summed E-state index contributed by atoms with van der Waals surface area (Å²) in [6.07, 6.45) is -0.509. The van der Waals surface area contributed by atoms with Crippen molar-refractivity contribution in [2.75, 3.05) is 0 Å². The summed E-state index contributed by atoms with van der Waals surface area (Å²) in [6.45, 7) is 6.97. The monoisotopic (exact) mass is 100 g/mol. The summed E-state index contributed by atoms with van der Waals surface area (Å²) in [7, 11) is 0. The molecule has 0 heterocycles. The molecule has 2 atom stereocenters. The van der Waals surface area contributed by atoms with Crippen LogP contribution in [0.5, 0.6) is 0 Å². The first-order chi connectivity index (χ1) is 2.64. The summed E-state index contributed by atoms with van der Waals surface area (Å²) >= 11 is 0. The summed E-state index contributed by atoms with van der Waals surface area (Å²) in [4.78, 5) is 0. The second kappa shape index (κ2) is 8.15. The van der Waals surface area contributed by atoms with E-state index < -0.39 is 6.10 Å². The van der Waals surface area contributed by atoms with Crippen LogP contribution in [0, 0.1) is 12.8 Å². The Hall–Kier alpha value is 1.15. The molecule has 0 radical (unpaired) electrons. The molecule has 0 N–H and O–H groups in total. The molecule has 0 aromatic rings. The molecule has 0 spiro atoms. The van der Waals surface area contributed by atoms with Gasteiger partial charge in [0.15, 0.2) is 0 Å². The second-order valence-electron chi connectivity index (χ2n) is 1.68. The predicted octanol–water partition coefficient (Wildman–Crippen LogP) is -5.79. The third kappa shape index (κ3) is 10.2. The van der Waals surface area contributed by atoms with Crippen LogP contribution < -0.4 is 42.8 Å². The van der Waals surface area contributed by atoms with Gasteiger partial charge in [0.05, 0.1) is 0 Å². The maximum Gasteiger partial charge on any atom is 1.00 e. The molecule has 0 rings (SSSR count). The minimum absolute atomic E-state index is 0. The molecular weight excluding hydrogens is 89.9 g/mol. The SMILES string of the molecule is [CH2-][C@H](C)[C@@H](C)[O-].[Li+].[Li+]. The van der Waals surface area contributed by atoms with Gasteiger partial charge in [-0.05, 0) is 0 Å². The van der Waals surface area contributed by atoms with Crippen LogP contribution in [0.2, 0.25) is 0 Å². The molecule has 8 heavy (non-hydrogen) atoms. The Morgan fingerprint density at radius 3 is 1.38 bits per heavy atom. The molecule has 0 aromatic heterocycles. The first-order valence-corrected chi connectivity index (χ1v) is 2.13. The Morgan fingerprint density at radius 1 is 1.25 bits per heavy atom. The van der Waals surface area contributed by atoms with Crippen LogP contribution in [0.3, 0.4) is 0 Å². The second-order valence-corrected chi connectivity index (χ2v) is 1.68. The molecule has 38 valence electrons. The van der Waals surface area contributed by atoms with Gasteiger partial charge in [-0.3, -0.25) is 0 Å². The largest absolute Gasteiger partial charge is 1.00 e. The third-order valence-corrected chi connectivity index (χ3v) is 0.801. The number of rotatable bonds is 1. The van der Waals surface area contributed by atoms with Crippen molar-refractivity contribution in [1.29, 1.82) is 0 Å². The van der Waals surface area contributed by atoms with Gasteiger partial charge < -0.3 is 12.0 Å². The summed E-state index contributed by atoms with van der Waals surface area (Å²) < 4.78 is 0. The quantitative estimate of drug-likeness (QED) is 0.238. The van der Waals surface area contributed by atoms with E-state index in [9.17, 15) is 5.11 Å². The molecule has 0 saturated carbocycles. The van der Waals surface area contributed by atoms with E-state index in [1.807, 2.05) is 6.92 Å². The Morgan fingerprint density at radius 2 is 1.38 bits per heavy atom. The van der Waals surface area contributed by atoms with Gasteiger partial charge in [0.1, 0.15) is 0 Å². The summed E-state index contributed by atoms with van der Waals surface area (Å²) in [5.74, 6) is 0.0463. The molecule has 0 bridgehead atoms. The maximum absolute atomic E-state index is 10.2. The van der Waals surface area contributed by atoms with E-state index >= 15 is 0 Å². The van der Waals surface area contributed by atoms with Gasteiger partial charge in [-0.25, -0.2) is 0 Å². The van der Waals surface area contributed by atoms with Gasteiger partial charge in [-0.15, -0.1) is 0 Å². The van der Waals surface area contributed by atoms with Crippen LogP contribution in [-0.4, -0.2) is 6.10 Å². The van der Waals surface area contributed by atoms with Crippen molar-refractivity contribution in [2.24, 2.45) is 5.92 Å². The van der Waals surface area contributed by atoms with E-state index in [1.54, 1.807) is 6.92 Å². The van der Waals surface area contributed by atoms with Crippen molar-refractivity contribution in [3.05, 3.63) is 6.92 Å². The molecule has 3 heteroatoms. The molecule has 0 unspecified atom stereocenters. The maximum atomic E-state index is 10.2. The fourth-order valence-corrected chi connectivity index (χ4v) is 0. The predicted molar refractivity (Wildman–Crippen MR) is 24.0 cm³/mol. The molecule has 0 saturated heterocycles. The molecule has 0 amide bonds. The van der Waals surface area contributed by atoms with Gasteiger partial charge in [-0.2, -0.15) is 12.0 Å². The first kappa shape index (κ1) is 16.1. The van der Waals surface area contributed by atoms with Crippen LogP contribution in [0.1, 0.15) is 13.8 Å². The van der Waals surface area contributed by atoms with Crippen molar-refractivity contribution in [2.45, 2.75) is 20.0 Å². The minimum atomic E-state index is -0.509. The summed E-state index contributed by atoms with van der Waals surface area (Å²) in [6, 6.07) is 0.